The summed E-state index contributed by atoms with van der Waals surface area (Å²) in [6.45, 7) is 0.593. The van der Waals surface area contributed by atoms with Gasteiger partial charge >= 0.3 is 0 Å². The van der Waals surface area contributed by atoms with E-state index in [-0.39, 0.29) is 5.91 Å². The molecule has 0 bridgehead atoms. The second-order valence-electron chi connectivity index (χ2n) is 3.45. The van der Waals surface area contributed by atoms with Crippen molar-refractivity contribution in [1.29, 1.82) is 0 Å². The molecule has 6 heteroatoms. The van der Waals surface area contributed by atoms with Crippen LogP contribution in [-0.2, 0) is 6.54 Å². The van der Waals surface area contributed by atoms with Crippen molar-refractivity contribution in [2.75, 3.05) is 12.8 Å². The number of hydrogen-bond donors (Lipinski definition) is 2. The molecule has 0 radical (unpaired) electrons. The van der Waals surface area contributed by atoms with Gasteiger partial charge in [-0.1, -0.05) is 6.07 Å². The monoisotopic (exact) mass is 236 g/mol. The maximum absolute atomic E-state index is 11.9. The highest BCUT2D eigenvalue weighted by Crippen LogP contribution is 2.12. The number of thiophene rings is 1. The molecule has 0 fully saturated rings. The number of amides is 1. The Bertz CT molecular complexity index is 477. The molecule has 0 aromatic carbocycles. The summed E-state index contributed by atoms with van der Waals surface area (Å²) in [6.07, 6.45) is 0. The van der Waals surface area contributed by atoms with Crippen molar-refractivity contribution < 1.29 is 4.79 Å². The molecule has 1 amide bonds. The summed E-state index contributed by atoms with van der Waals surface area (Å²) in [4.78, 5) is 14.7. The first kappa shape index (κ1) is 10.7. The molecule has 2 rings (SSSR count). The van der Waals surface area contributed by atoms with Crippen LogP contribution in [0, 0.1) is 0 Å². The van der Waals surface area contributed by atoms with Crippen molar-refractivity contribution in [3.05, 3.63) is 34.2 Å². The summed E-state index contributed by atoms with van der Waals surface area (Å²) in [5.41, 5.74) is 5.86. The molecule has 0 aliphatic carbocycles. The van der Waals surface area contributed by atoms with Gasteiger partial charge in [0.05, 0.1) is 6.54 Å². The minimum Gasteiger partial charge on any atom is -0.382 e. The molecule has 0 spiro atoms. The molecule has 0 aliphatic rings. The normalized spacial score (nSPS) is 10.3. The van der Waals surface area contributed by atoms with Crippen LogP contribution < -0.4 is 5.73 Å². The van der Waals surface area contributed by atoms with Crippen LogP contribution in [0.25, 0.3) is 0 Å². The van der Waals surface area contributed by atoms with Gasteiger partial charge in [0.1, 0.15) is 11.5 Å². The van der Waals surface area contributed by atoms with Crippen LogP contribution in [0.2, 0.25) is 0 Å². The zero-order chi connectivity index (χ0) is 11.5. The number of carbonyl (C=O) groups excluding carboxylic acids is 1. The number of H-pyrrole nitrogens is 1. The number of aromatic amines is 1. The lowest BCUT2D eigenvalue weighted by molar-refractivity contribution is 0.0780. The molecule has 2 aromatic rings. The van der Waals surface area contributed by atoms with Crippen LogP contribution in [0.1, 0.15) is 15.4 Å². The van der Waals surface area contributed by atoms with E-state index in [4.69, 9.17) is 5.73 Å². The van der Waals surface area contributed by atoms with Gasteiger partial charge in [-0.05, 0) is 11.4 Å². The van der Waals surface area contributed by atoms with E-state index in [1.807, 2.05) is 17.5 Å². The molecule has 5 nitrogen and oxygen atoms in total. The molecule has 84 valence electrons. The summed E-state index contributed by atoms with van der Waals surface area (Å²) >= 11 is 1.62. The predicted molar refractivity (Wildman–Crippen MR) is 63.1 cm³/mol. The molecule has 0 aliphatic heterocycles. The smallest absolute Gasteiger partial charge is 0.272 e. The van der Waals surface area contributed by atoms with Gasteiger partial charge in [0.2, 0.25) is 0 Å². The van der Waals surface area contributed by atoms with Crippen LogP contribution in [0.3, 0.4) is 0 Å². The second kappa shape index (κ2) is 4.36. The third kappa shape index (κ3) is 2.22. The second-order valence-corrected chi connectivity index (χ2v) is 4.48. The van der Waals surface area contributed by atoms with Gasteiger partial charge < -0.3 is 10.6 Å². The lowest BCUT2D eigenvalue weighted by Crippen LogP contribution is -2.26. The molecule has 2 aromatic heterocycles. The van der Waals surface area contributed by atoms with Gasteiger partial charge in [-0.15, -0.1) is 11.3 Å². The number of nitrogens with two attached hydrogens (primary N) is 1. The molecule has 0 saturated carbocycles. The van der Waals surface area contributed by atoms with Gasteiger partial charge in [-0.3, -0.25) is 9.89 Å². The maximum atomic E-state index is 11.9. The minimum atomic E-state index is -0.113. The topological polar surface area (TPSA) is 75.0 Å². The Kier molecular flexibility index (Phi) is 2.91. The number of carbonyl (C=O) groups is 1. The number of anilines is 1. The predicted octanol–water partition coefficient (Wildman–Crippen LogP) is 1.33. The third-order valence-corrected chi connectivity index (χ3v) is 3.01. The van der Waals surface area contributed by atoms with E-state index >= 15 is 0 Å². The Morgan fingerprint density at radius 3 is 3.06 bits per heavy atom. The average Bonchev–Trinajstić information content (AvgIpc) is 2.88. The third-order valence-electron chi connectivity index (χ3n) is 2.15. The summed E-state index contributed by atoms with van der Waals surface area (Å²) in [6, 6.07) is 5.50. The van der Waals surface area contributed by atoms with Gasteiger partial charge in [0.25, 0.3) is 5.91 Å². The van der Waals surface area contributed by atoms with Gasteiger partial charge in [0, 0.05) is 18.0 Å². The Balaban J connectivity index is 2.05. The molecule has 16 heavy (non-hydrogen) atoms. The molecular weight excluding hydrogens is 224 g/mol. The van der Waals surface area contributed by atoms with Gasteiger partial charge in [0.15, 0.2) is 0 Å². The molecule has 2 heterocycles. The lowest BCUT2D eigenvalue weighted by atomic mass is 10.3. The van der Waals surface area contributed by atoms with Crippen molar-refractivity contribution >= 4 is 23.1 Å². The van der Waals surface area contributed by atoms with E-state index in [1.165, 1.54) is 6.07 Å². The minimum absolute atomic E-state index is 0.113. The lowest BCUT2D eigenvalue weighted by Gasteiger charge is -2.14. The van der Waals surface area contributed by atoms with E-state index in [9.17, 15) is 4.79 Å². The number of aromatic nitrogens is 2. The van der Waals surface area contributed by atoms with Crippen molar-refractivity contribution in [2.45, 2.75) is 6.54 Å². The van der Waals surface area contributed by atoms with E-state index in [0.717, 1.165) is 4.88 Å². The maximum Gasteiger partial charge on any atom is 0.272 e. The molecule has 0 unspecified atom stereocenters. The summed E-state index contributed by atoms with van der Waals surface area (Å²) in [7, 11) is 1.75. The van der Waals surface area contributed by atoms with E-state index in [0.29, 0.717) is 18.1 Å². The quantitative estimate of drug-likeness (QED) is 0.844. The highest BCUT2D eigenvalue weighted by atomic mass is 32.1. The molecule has 3 N–H and O–H groups in total. The Morgan fingerprint density at radius 1 is 1.69 bits per heavy atom. The highest BCUT2D eigenvalue weighted by Gasteiger charge is 2.14. The Morgan fingerprint density at radius 2 is 2.50 bits per heavy atom. The zero-order valence-corrected chi connectivity index (χ0v) is 9.62. The van der Waals surface area contributed by atoms with Crippen LogP contribution in [0.15, 0.2) is 23.6 Å². The van der Waals surface area contributed by atoms with E-state index in [2.05, 4.69) is 10.2 Å². The van der Waals surface area contributed by atoms with Crippen molar-refractivity contribution in [3.63, 3.8) is 0 Å². The standard InChI is InChI=1S/C10H12N4OS/c1-14(6-7-3-2-4-16-7)10(15)8-5-9(11)13-12-8/h2-5H,6H2,1H3,(H3,11,12,13). The van der Waals surface area contributed by atoms with Crippen LogP contribution in [-0.4, -0.2) is 28.1 Å². The first-order chi connectivity index (χ1) is 7.66. The van der Waals surface area contributed by atoms with E-state index in [1.54, 1.807) is 23.3 Å². The SMILES string of the molecule is CN(Cc1cccs1)C(=O)c1cc(N)n[nH]1. The highest BCUT2D eigenvalue weighted by molar-refractivity contribution is 7.09. The molecular formula is C10H12N4OS. The Hall–Kier alpha value is -1.82. The fourth-order valence-electron chi connectivity index (χ4n) is 1.36. The van der Waals surface area contributed by atoms with E-state index < -0.39 is 0 Å². The van der Waals surface area contributed by atoms with Crippen LogP contribution >= 0.6 is 11.3 Å². The summed E-state index contributed by atoms with van der Waals surface area (Å²) < 4.78 is 0. The fraction of sp³-hybridized carbons (Fsp3) is 0.200. The van der Waals surface area contributed by atoms with Crippen molar-refractivity contribution in [3.8, 4) is 0 Å². The number of nitrogens with zero attached hydrogens (tertiary/aromatic N) is 2. The Labute approximate surface area is 96.9 Å². The van der Waals surface area contributed by atoms with Crippen LogP contribution in [0.4, 0.5) is 5.82 Å². The first-order valence-electron chi connectivity index (χ1n) is 4.75. The molecule has 0 saturated heterocycles. The zero-order valence-electron chi connectivity index (χ0n) is 8.80. The summed E-state index contributed by atoms with van der Waals surface area (Å²) in [5.74, 6) is 0.213. The summed E-state index contributed by atoms with van der Waals surface area (Å²) in [5, 5.41) is 8.32. The van der Waals surface area contributed by atoms with Crippen molar-refractivity contribution in [2.24, 2.45) is 0 Å². The average molecular weight is 236 g/mol. The largest absolute Gasteiger partial charge is 0.382 e. The number of nitrogens with one attached hydrogen (secondary N) is 1. The molecule has 0 atom stereocenters. The first-order valence-corrected chi connectivity index (χ1v) is 5.63. The van der Waals surface area contributed by atoms with Gasteiger partial charge in [-0.25, -0.2) is 0 Å². The van der Waals surface area contributed by atoms with Gasteiger partial charge in [-0.2, -0.15) is 5.10 Å². The van der Waals surface area contributed by atoms with Crippen molar-refractivity contribution in [1.82, 2.24) is 15.1 Å². The number of rotatable bonds is 3. The van der Waals surface area contributed by atoms with Crippen LogP contribution in [0.5, 0.6) is 0 Å². The number of nitrogen functional groups attached to an aromatic ring is 1. The number of hydrogen-bond acceptors (Lipinski definition) is 4. The fourth-order valence-corrected chi connectivity index (χ4v) is 2.12.